The fourth-order valence-electron chi connectivity index (χ4n) is 18.8. The Hall–Kier alpha value is -11.6. The Morgan fingerprint density at radius 2 is 0.661 bits per heavy atom. The van der Waals surface area contributed by atoms with Gasteiger partial charge in [0.1, 0.15) is 5.58 Å². The van der Waals surface area contributed by atoms with Crippen LogP contribution in [0, 0.1) is 0 Å². The molecule has 20 rings (SSSR count). The molecule has 566 valence electrons. The number of anilines is 6. The van der Waals surface area contributed by atoms with Gasteiger partial charge in [-0.3, -0.25) is 0 Å². The van der Waals surface area contributed by atoms with Crippen molar-refractivity contribution in [1.82, 2.24) is 9.13 Å². The van der Waals surface area contributed by atoms with Crippen LogP contribution in [0.4, 0.5) is 34.1 Å². The van der Waals surface area contributed by atoms with Gasteiger partial charge in [0.25, 0.3) is 6.71 Å². The highest BCUT2D eigenvalue weighted by atomic mass is 32.1. The number of nitrogens with zero attached hydrogens (tertiary/aromatic N) is 4. The van der Waals surface area contributed by atoms with Crippen LogP contribution in [0.15, 0.2) is 277 Å². The Labute approximate surface area is 681 Å². The van der Waals surface area contributed by atoms with Crippen molar-refractivity contribution >= 4 is 154 Å². The van der Waals surface area contributed by atoms with Crippen LogP contribution in [-0.2, 0) is 32.5 Å². The van der Waals surface area contributed by atoms with Crippen molar-refractivity contribution in [3.8, 4) is 44.8 Å². The summed E-state index contributed by atoms with van der Waals surface area (Å²) < 4.78 is 15.6. The van der Waals surface area contributed by atoms with Gasteiger partial charge < -0.3 is 23.4 Å². The van der Waals surface area contributed by atoms with Crippen molar-refractivity contribution in [2.75, 3.05) is 9.80 Å². The van der Waals surface area contributed by atoms with E-state index in [1.54, 1.807) is 0 Å². The summed E-state index contributed by atoms with van der Waals surface area (Å²) in [6, 6.07) is 106. The first-order valence-corrected chi connectivity index (χ1v) is 42.1. The Morgan fingerprint density at radius 1 is 0.270 bits per heavy atom. The number of aromatic nitrogens is 2. The SMILES string of the molecule is CC(C)(C)c1cc(-c2ccccc2)c(N2c3cc(-n4c5ccc(C(C)(C)C)cc5c5cc(C(C)(C)C)ccc54)ccc3B3c4ccc(-n5c6ccc(C(C)(C)C)cc6c6cc(C(C)(C)C)ccc65)cc4N(c4cccc5c4oc4c(-c6cccc7sc8ccccc8c67)cccc45)c4cc(C(C)(C)C)cc2c43)c(-c2ccccc2)c1. The second-order valence-corrected chi connectivity index (χ2v) is 40.1. The fourth-order valence-corrected chi connectivity index (χ4v) is 20.0. The van der Waals surface area contributed by atoms with Crippen LogP contribution in [0.1, 0.15) is 158 Å². The van der Waals surface area contributed by atoms with Gasteiger partial charge in [0.15, 0.2) is 5.58 Å². The van der Waals surface area contributed by atoms with E-state index in [0.717, 1.165) is 84.1 Å². The molecule has 5 nitrogen and oxygen atoms in total. The van der Waals surface area contributed by atoms with Crippen LogP contribution < -0.4 is 26.2 Å². The molecular weight excluding hydrogens is 1410 g/mol. The number of fused-ring (bicyclic) bond motifs is 16. The van der Waals surface area contributed by atoms with E-state index in [1.807, 2.05) is 11.3 Å². The smallest absolute Gasteiger partial charge is 0.252 e. The summed E-state index contributed by atoms with van der Waals surface area (Å²) in [5.74, 6) is 0. The molecule has 2 aliphatic rings. The molecule has 115 heavy (non-hydrogen) atoms. The number of benzene rings is 14. The first-order chi connectivity index (χ1) is 54.8. The van der Waals surface area contributed by atoms with Gasteiger partial charge in [0.2, 0.25) is 0 Å². The standard InChI is InChI=1S/C108H99BN4OS/c1-103(2,3)66-42-50-87-81(54-66)82-55-67(104(4,5)6)43-51-88(82)110(87)72-46-48-85-92(62-72)112(91-39-28-38-77-76-37-27-36-75(101(76)114-102(77)91)74-35-29-41-97-98(74)78-34-25-26-40-96(78)115-97)94-60-71(108(16,17)18)61-95-99(94)109(85)86-49-47-73(111-89-52-44-68(105(7,8)9)56-83(89)84-57-69(106(10,11)12)45-53-90(84)111)63-93(86)113(95)100-79(64-30-21-19-22-31-64)58-70(107(13,14)15)59-80(100)65-32-23-20-24-33-65/h19-63H,1-18H3. The molecule has 0 fully saturated rings. The van der Waals surface area contributed by atoms with Crippen molar-refractivity contribution in [3.63, 3.8) is 0 Å². The summed E-state index contributed by atoms with van der Waals surface area (Å²) in [5, 5.41) is 9.71. The third-order valence-corrected chi connectivity index (χ3v) is 26.4. The Balaban J connectivity index is 0.934. The summed E-state index contributed by atoms with van der Waals surface area (Å²) in [4.78, 5) is 5.37. The molecule has 4 aromatic heterocycles. The molecule has 7 heteroatoms. The zero-order chi connectivity index (χ0) is 79.6. The second-order valence-electron chi connectivity index (χ2n) is 39.0. The van der Waals surface area contributed by atoms with Gasteiger partial charge in [-0.2, -0.15) is 0 Å². The predicted molar refractivity (Wildman–Crippen MR) is 498 cm³/mol. The van der Waals surface area contributed by atoms with Gasteiger partial charge in [0, 0.05) is 103 Å². The first-order valence-electron chi connectivity index (χ1n) is 41.2. The minimum absolute atomic E-state index is 0.0650. The number of hydrogen-bond donors (Lipinski definition) is 0. The molecule has 0 saturated carbocycles. The highest BCUT2D eigenvalue weighted by Gasteiger charge is 2.47. The highest BCUT2D eigenvalue weighted by Crippen LogP contribution is 2.56. The average Bonchev–Trinajstić information content (AvgIpc) is 1.21. The van der Waals surface area contributed by atoms with Gasteiger partial charge in [0.05, 0.1) is 33.4 Å². The molecule has 0 unspecified atom stereocenters. The van der Waals surface area contributed by atoms with Crippen molar-refractivity contribution in [2.45, 2.75) is 157 Å². The predicted octanol–water partition coefficient (Wildman–Crippen LogP) is 29.0. The van der Waals surface area contributed by atoms with Crippen molar-refractivity contribution in [1.29, 1.82) is 0 Å². The van der Waals surface area contributed by atoms with Crippen LogP contribution in [0.3, 0.4) is 0 Å². The van der Waals surface area contributed by atoms with Gasteiger partial charge in [-0.15, -0.1) is 11.3 Å². The van der Waals surface area contributed by atoms with Gasteiger partial charge >= 0.3 is 0 Å². The monoisotopic (exact) mass is 1510 g/mol. The molecule has 6 heterocycles. The van der Waals surface area contributed by atoms with E-state index in [9.17, 15) is 0 Å². The lowest BCUT2D eigenvalue weighted by molar-refractivity contribution is 0.590. The van der Waals surface area contributed by atoms with Crippen molar-refractivity contribution in [2.24, 2.45) is 0 Å². The summed E-state index contributed by atoms with van der Waals surface area (Å²) in [5.41, 5.74) is 32.7. The van der Waals surface area contributed by atoms with Gasteiger partial charge in [-0.05, 0) is 214 Å². The van der Waals surface area contributed by atoms with Crippen LogP contribution in [0.25, 0.3) is 130 Å². The van der Waals surface area contributed by atoms with E-state index in [-0.39, 0.29) is 39.2 Å². The Kier molecular flexibility index (Phi) is 16.0. The summed E-state index contributed by atoms with van der Waals surface area (Å²) in [6.45, 7) is 42.1. The molecule has 0 atom stereocenters. The lowest BCUT2D eigenvalue weighted by Crippen LogP contribution is -2.61. The van der Waals surface area contributed by atoms with Crippen molar-refractivity contribution < 1.29 is 4.42 Å². The van der Waals surface area contributed by atoms with Crippen LogP contribution in [-0.4, -0.2) is 15.8 Å². The summed E-state index contributed by atoms with van der Waals surface area (Å²) in [7, 11) is 0. The minimum Gasteiger partial charge on any atom is -0.453 e. The number of thiophene rings is 1. The Morgan fingerprint density at radius 3 is 1.14 bits per heavy atom. The first kappa shape index (κ1) is 72.3. The quantitative estimate of drug-likeness (QED) is 0.149. The average molecular weight is 1510 g/mol. The van der Waals surface area contributed by atoms with Crippen LogP contribution in [0.5, 0.6) is 0 Å². The molecule has 18 aromatic rings. The van der Waals surface area contributed by atoms with E-state index >= 15 is 0 Å². The van der Waals surface area contributed by atoms with Crippen LogP contribution >= 0.6 is 11.3 Å². The number of furan rings is 1. The third kappa shape index (κ3) is 11.5. The molecule has 2 aliphatic heterocycles. The zero-order valence-corrected chi connectivity index (χ0v) is 70.5. The molecule has 14 aromatic carbocycles. The highest BCUT2D eigenvalue weighted by molar-refractivity contribution is 7.26. The van der Waals surface area contributed by atoms with Crippen LogP contribution in [0.2, 0.25) is 0 Å². The van der Waals surface area contributed by atoms with E-state index < -0.39 is 0 Å². The lowest BCUT2D eigenvalue weighted by Gasteiger charge is -2.46. The largest absolute Gasteiger partial charge is 0.453 e. The third-order valence-electron chi connectivity index (χ3n) is 25.2. The summed E-state index contributed by atoms with van der Waals surface area (Å²) in [6.07, 6.45) is 0. The molecular formula is C108H99BN4OS. The number of hydrogen-bond acceptors (Lipinski definition) is 4. The van der Waals surface area contributed by atoms with E-state index in [4.69, 9.17) is 4.42 Å². The van der Waals surface area contributed by atoms with Gasteiger partial charge in [-0.1, -0.05) is 282 Å². The molecule has 0 bridgehead atoms. The summed E-state index contributed by atoms with van der Waals surface area (Å²) >= 11 is 1.86. The topological polar surface area (TPSA) is 29.5 Å². The fraction of sp³-hybridized carbons (Fsp3) is 0.222. The Bertz CT molecular complexity index is 6890. The van der Waals surface area contributed by atoms with Gasteiger partial charge in [-0.25, -0.2) is 0 Å². The van der Waals surface area contributed by atoms with Crippen molar-refractivity contribution in [3.05, 3.63) is 306 Å². The maximum Gasteiger partial charge on any atom is 0.252 e. The maximum atomic E-state index is 7.89. The minimum atomic E-state index is -0.349. The molecule has 0 spiro atoms. The van der Waals surface area contributed by atoms with E-state index in [1.165, 1.54) is 130 Å². The lowest BCUT2D eigenvalue weighted by atomic mass is 9.33. The molecule has 0 radical (unpaired) electrons. The second kappa shape index (κ2) is 25.4. The zero-order valence-electron chi connectivity index (χ0n) is 69.7. The maximum absolute atomic E-state index is 7.89. The normalized spacial score (nSPS) is 13.6. The van der Waals surface area contributed by atoms with E-state index in [0.29, 0.717) is 0 Å². The van der Waals surface area contributed by atoms with E-state index in [2.05, 4.69) is 417 Å². The number of rotatable bonds is 7. The molecule has 0 saturated heterocycles. The number of para-hydroxylation sites is 2. The molecule has 0 amide bonds. The molecule has 0 N–H and O–H groups in total. The molecule has 0 aliphatic carbocycles.